The molecular formula is C39H46BCl2N3. The highest BCUT2D eigenvalue weighted by atomic mass is 35.5. The monoisotopic (exact) mass is 637 g/mol. The van der Waals surface area contributed by atoms with E-state index in [1.54, 1.807) is 0 Å². The van der Waals surface area contributed by atoms with Crippen molar-refractivity contribution in [2.24, 2.45) is 0 Å². The number of para-hydroxylation sites is 4. The Kier molecular flexibility index (Phi) is 9.87. The van der Waals surface area contributed by atoms with Gasteiger partial charge in [0.2, 0.25) is 0 Å². The number of imidazole rings is 1. The van der Waals surface area contributed by atoms with Gasteiger partial charge in [0.15, 0.2) is 0 Å². The molecule has 0 saturated carbocycles. The van der Waals surface area contributed by atoms with Crippen LogP contribution in [0, 0.1) is 0 Å². The number of nitrogens with zero attached hydrogens (tertiary/aromatic N) is 3. The van der Waals surface area contributed by atoms with E-state index in [1.807, 2.05) is 36.4 Å². The first-order valence-corrected chi connectivity index (χ1v) is 17.1. The molecule has 6 heteroatoms. The zero-order valence-corrected chi connectivity index (χ0v) is 29.4. The lowest BCUT2D eigenvalue weighted by Gasteiger charge is -2.43. The molecule has 5 aromatic rings. The zero-order valence-electron chi connectivity index (χ0n) is 27.9. The molecule has 0 spiro atoms. The Morgan fingerprint density at radius 2 is 0.956 bits per heavy atom. The van der Waals surface area contributed by atoms with E-state index >= 15 is 0 Å². The minimum Gasteiger partial charge on any atom is -0.481 e. The van der Waals surface area contributed by atoms with Crippen molar-refractivity contribution >= 4 is 45.1 Å². The lowest BCUT2D eigenvalue weighted by atomic mass is 9.81. The molecule has 234 valence electrons. The van der Waals surface area contributed by atoms with Gasteiger partial charge in [0.05, 0.1) is 0 Å². The normalized spacial score (nSPS) is 12.1. The number of anilines is 2. The molecule has 4 aromatic carbocycles. The topological polar surface area (TPSA) is 12.0 Å². The molecule has 5 rings (SSSR count). The van der Waals surface area contributed by atoms with E-state index < -0.39 is 5.11 Å². The molecule has 0 aliphatic rings. The highest BCUT2D eigenvalue weighted by molar-refractivity contribution is 7.52. The molecule has 0 atom stereocenters. The molecular weight excluding hydrogens is 592 g/mol. The highest BCUT2D eigenvalue weighted by Crippen LogP contribution is 2.38. The lowest BCUT2D eigenvalue weighted by molar-refractivity contribution is -0.577. The quantitative estimate of drug-likeness (QED) is 0.110. The van der Waals surface area contributed by atoms with Crippen LogP contribution in [0.5, 0.6) is 0 Å². The van der Waals surface area contributed by atoms with Gasteiger partial charge in [-0.2, -0.15) is 0 Å². The third-order valence-electron chi connectivity index (χ3n) is 8.73. The Balaban J connectivity index is 1.96. The van der Waals surface area contributed by atoms with Crippen LogP contribution < -0.4 is 15.1 Å². The second kappa shape index (κ2) is 13.5. The third-order valence-corrected chi connectivity index (χ3v) is 9.51. The van der Waals surface area contributed by atoms with Gasteiger partial charge >= 0.3 is 5.11 Å². The number of halogens is 2. The molecule has 0 bridgehead atoms. The Morgan fingerprint density at radius 1 is 0.556 bits per heavy atom. The Labute approximate surface area is 280 Å². The third kappa shape index (κ3) is 6.33. The second-order valence-electron chi connectivity index (χ2n) is 13.3. The summed E-state index contributed by atoms with van der Waals surface area (Å²) in [4.78, 5) is 2.10. The van der Waals surface area contributed by atoms with Gasteiger partial charge in [0, 0.05) is 33.6 Å². The average Bonchev–Trinajstić information content (AvgIpc) is 3.47. The van der Waals surface area contributed by atoms with Crippen molar-refractivity contribution < 1.29 is 4.57 Å². The lowest BCUT2D eigenvalue weighted by Crippen LogP contribution is -2.66. The fraction of sp³-hybridized carbons (Fsp3) is 0.308. The van der Waals surface area contributed by atoms with Crippen molar-refractivity contribution in [1.82, 2.24) is 4.57 Å². The summed E-state index contributed by atoms with van der Waals surface area (Å²) < 4.78 is 4.56. The van der Waals surface area contributed by atoms with Gasteiger partial charge in [-0.05, 0) is 47.9 Å². The van der Waals surface area contributed by atoms with Gasteiger partial charge in [-0.15, -0.1) is 0 Å². The SMILES string of the molecule is CC(C)c1cccc(C(C)C)c1-n1cc[n+](-c2c(C(C)C)cccc2C(C)C)c1[B-](Cl)(Cl)N(c1ccccc1)c1ccccc1. The van der Waals surface area contributed by atoms with Crippen LogP contribution in [-0.2, 0) is 0 Å². The molecule has 0 amide bonds. The zero-order chi connectivity index (χ0) is 32.5. The molecule has 1 heterocycles. The molecule has 0 radical (unpaired) electrons. The van der Waals surface area contributed by atoms with Crippen LogP contribution in [0.2, 0.25) is 0 Å². The number of aromatic nitrogens is 2. The van der Waals surface area contributed by atoms with Crippen molar-refractivity contribution in [2.45, 2.75) is 79.1 Å². The number of hydrogen-bond acceptors (Lipinski definition) is 1. The largest absolute Gasteiger partial charge is 0.481 e. The molecule has 0 unspecified atom stereocenters. The summed E-state index contributed by atoms with van der Waals surface area (Å²) in [6.45, 7) is 18.0. The average molecular weight is 639 g/mol. The summed E-state index contributed by atoms with van der Waals surface area (Å²) in [7, 11) is 0. The van der Waals surface area contributed by atoms with Crippen molar-refractivity contribution in [1.29, 1.82) is 0 Å². The first-order valence-electron chi connectivity index (χ1n) is 16.3. The second-order valence-corrected chi connectivity index (χ2v) is 14.7. The Bertz CT molecular complexity index is 1570. The van der Waals surface area contributed by atoms with E-state index in [2.05, 4.69) is 142 Å². The standard InChI is InChI=1S/C39H46BCl2N3/c1-27(2)33-21-15-22-34(28(3)4)37(33)43-25-26-44(38-35(29(5)6)23-16-24-36(38)30(7)8)39(43)40(41,42)45(31-17-11-9-12-18-31)32-19-13-10-14-20-32/h9-30H,1-8H3. The van der Waals surface area contributed by atoms with E-state index in [9.17, 15) is 0 Å². The first kappa shape index (κ1) is 32.9. The van der Waals surface area contributed by atoms with Crippen LogP contribution in [0.1, 0.15) is 101 Å². The van der Waals surface area contributed by atoms with Crippen molar-refractivity contribution in [3.8, 4) is 11.4 Å². The molecule has 1 aromatic heterocycles. The summed E-state index contributed by atoms with van der Waals surface area (Å²) in [6.07, 6.45) is 4.33. The van der Waals surface area contributed by atoms with E-state index in [-0.39, 0.29) is 0 Å². The minimum absolute atomic E-state index is 0.295. The van der Waals surface area contributed by atoms with Crippen LogP contribution in [0.15, 0.2) is 109 Å². The van der Waals surface area contributed by atoms with Gasteiger partial charge in [-0.25, -0.2) is 9.13 Å². The van der Waals surface area contributed by atoms with Crippen LogP contribution in [0.4, 0.5) is 11.4 Å². The van der Waals surface area contributed by atoms with Gasteiger partial charge in [0.25, 0.3) is 0 Å². The summed E-state index contributed by atoms with van der Waals surface area (Å²) in [6, 6.07) is 33.8. The van der Waals surface area contributed by atoms with Gasteiger partial charge in [-0.1, -0.05) is 128 Å². The van der Waals surface area contributed by atoms with Crippen LogP contribution in [0.3, 0.4) is 0 Å². The molecule has 0 saturated heterocycles. The smallest absolute Gasteiger partial charge is 0.376 e. The maximum absolute atomic E-state index is 7.99. The molecule has 0 aliphatic carbocycles. The van der Waals surface area contributed by atoms with E-state index in [4.69, 9.17) is 22.9 Å². The summed E-state index contributed by atoms with van der Waals surface area (Å²) in [5, 5.41) is -2.48. The molecule has 45 heavy (non-hydrogen) atoms. The summed E-state index contributed by atoms with van der Waals surface area (Å²) in [5.41, 5.74) is 10.0. The van der Waals surface area contributed by atoms with E-state index in [0.717, 1.165) is 28.5 Å². The number of hydrogen-bond donors (Lipinski definition) is 0. The molecule has 0 N–H and O–H groups in total. The van der Waals surface area contributed by atoms with E-state index in [1.165, 1.54) is 22.3 Å². The van der Waals surface area contributed by atoms with Gasteiger partial charge < -0.3 is 27.7 Å². The van der Waals surface area contributed by atoms with Crippen LogP contribution in [-0.4, -0.2) is 9.68 Å². The maximum atomic E-state index is 7.99. The van der Waals surface area contributed by atoms with E-state index in [0.29, 0.717) is 23.7 Å². The van der Waals surface area contributed by atoms with Gasteiger partial charge in [0.1, 0.15) is 29.5 Å². The fourth-order valence-electron chi connectivity index (χ4n) is 6.51. The van der Waals surface area contributed by atoms with Crippen molar-refractivity contribution in [3.63, 3.8) is 0 Å². The summed E-state index contributed by atoms with van der Waals surface area (Å²) >= 11 is 16.0. The predicted octanol–water partition coefficient (Wildman–Crippen LogP) is 10.7. The van der Waals surface area contributed by atoms with Crippen molar-refractivity contribution in [2.75, 3.05) is 4.81 Å². The Morgan fingerprint density at radius 3 is 1.36 bits per heavy atom. The fourth-order valence-corrected chi connectivity index (χ4v) is 7.38. The van der Waals surface area contributed by atoms with Crippen LogP contribution >= 0.6 is 22.9 Å². The minimum atomic E-state index is -2.48. The molecule has 3 nitrogen and oxygen atoms in total. The molecule has 0 aliphatic heterocycles. The number of rotatable bonds is 10. The highest BCUT2D eigenvalue weighted by Gasteiger charge is 2.43. The predicted molar refractivity (Wildman–Crippen MR) is 196 cm³/mol. The number of benzene rings is 4. The Hall–Kier alpha value is -3.47. The van der Waals surface area contributed by atoms with Gasteiger partial charge in [-0.3, -0.25) is 0 Å². The first-order chi connectivity index (χ1) is 21.4. The maximum Gasteiger partial charge on any atom is 0.376 e. The van der Waals surface area contributed by atoms with Crippen molar-refractivity contribution in [3.05, 3.63) is 132 Å². The molecule has 0 fully saturated rings. The summed E-state index contributed by atoms with van der Waals surface area (Å²) in [5.74, 6) is 1.18. The van der Waals surface area contributed by atoms with Crippen LogP contribution in [0.25, 0.3) is 11.4 Å².